The third-order valence-corrected chi connectivity index (χ3v) is 2.98. The van der Waals surface area contributed by atoms with Gasteiger partial charge in [0.2, 0.25) is 5.91 Å². The quantitative estimate of drug-likeness (QED) is 0.820. The second-order valence-electron chi connectivity index (χ2n) is 4.73. The third-order valence-electron chi connectivity index (χ3n) is 2.98. The standard InChI is InChI=1S/C13H17NO2/c1-13(16)8-7-12(15)14(10-13)9-11-5-3-2-4-6-11/h2-6,16H,7-10H2,1H3. The van der Waals surface area contributed by atoms with Crippen LogP contribution >= 0.6 is 0 Å². The van der Waals surface area contributed by atoms with Gasteiger partial charge >= 0.3 is 0 Å². The fourth-order valence-corrected chi connectivity index (χ4v) is 2.06. The van der Waals surface area contributed by atoms with Crippen LogP contribution in [0.1, 0.15) is 25.3 Å². The Labute approximate surface area is 95.7 Å². The number of benzene rings is 1. The molecule has 0 radical (unpaired) electrons. The zero-order chi connectivity index (χ0) is 11.6. The van der Waals surface area contributed by atoms with E-state index in [0.29, 0.717) is 25.9 Å². The Balaban J connectivity index is 2.06. The summed E-state index contributed by atoms with van der Waals surface area (Å²) in [4.78, 5) is 13.4. The predicted octanol–water partition coefficient (Wildman–Crippen LogP) is 1.56. The second kappa shape index (κ2) is 4.26. The van der Waals surface area contributed by atoms with Crippen molar-refractivity contribution in [2.75, 3.05) is 6.54 Å². The number of piperidine rings is 1. The lowest BCUT2D eigenvalue weighted by Gasteiger charge is -2.36. The summed E-state index contributed by atoms with van der Waals surface area (Å²) in [5, 5.41) is 9.95. The van der Waals surface area contributed by atoms with Crippen molar-refractivity contribution < 1.29 is 9.90 Å². The van der Waals surface area contributed by atoms with Crippen molar-refractivity contribution >= 4 is 5.91 Å². The molecule has 1 aliphatic heterocycles. The maximum Gasteiger partial charge on any atom is 0.223 e. The molecule has 0 saturated carbocycles. The SMILES string of the molecule is CC1(O)CCC(=O)N(Cc2ccccc2)C1. The molecule has 0 bridgehead atoms. The van der Waals surface area contributed by atoms with Crippen LogP contribution in [0.4, 0.5) is 0 Å². The summed E-state index contributed by atoms with van der Waals surface area (Å²) in [6.07, 6.45) is 1.01. The van der Waals surface area contributed by atoms with Crippen LogP contribution in [0.5, 0.6) is 0 Å². The molecule has 0 aliphatic carbocycles. The van der Waals surface area contributed by atoms with E-state index in [1.165, 1.54) is 0 Å². The Morgan fingerprint density at radius 2 is 2.06 bits per heavy atom. The van der Waals surface area contributed by atoms with E-state index >= 15 is 0 Å². The average molecular weight is 219 g/mol. The van der Waals surface area contributed by atoms with Gasteiger partial charge in [-0.2, -0.15) is 0 Å². The van der Waals surface area contributed by atoms with E-state index in [1.54, 1.807) is 11.8 Å². The molecule has 86 valence electrons. The van der Waals surface area contributed by atoms with Gasteiger partial charge in [-0.25, -0.2) is 0 Å². The van der Waals surface area contributed by atoms with Gasteiger partial charge in [-0.3, -0.25) is 4.79 Å². The molecule has 1 aliphatic rings. The number of aliphatic hydroxyl groups is 1. The zero-order valence-corrected chi connectivity index (χ0v) is 9.52. The highest BCUT2D eigenvalue weighted by Crippen LogP contribution is 2.22. The molecule has 1 fully saturated rings. The van der Waals surface area contributed by atoms with Crippen LogP contribution in [0.25, 0.3) is 0 Å². The first-order valence-corrected chi connectivity index (χ1v) is 5.61. The van der Waals surface area contributed by atoms with Crippen LogP contribution in [0.3, 0.4) is 0 Å². The third kappa shape index (κ3) is 2.61. The van der Waals surface area contributed by atoms with Crippen molar-refractivity contribution in [3.8, 4) is 0 Å². The fraction of sp³-hybridized carbons (Fsp3) is 0.462. The Hall–Kier alpha value is -1.35. The summed E-state index contributed by atoms with van der Waals surface area (Å²) in [6.45, 7) is 2.81. The number of β-amino-alcohol motifs (C(OH)–C–C–N with tert-alkyl or cyclic N) is 1. The topological polar surface area (TPSA) is 40.5 Å². The molecule has 1 aromatic carbocycles. The lowest BCUT2D eigenvalue weighted by molar-refractivity contribution is -0.142. The maximum atomic E-state index is 11.7. The molecule has 1 atom stereocenters. The van der Waals surface area contributed by atoms with Crippen LogP contribution in [0.15, 0.2) is 30.3 Å². The summed E-state index contributed by atoms with van der Waals surface area (Å²) in [5.74, 6) is 0.135. The molecule has 1 unspecified atom stereocenters. The fourth-order valence-electron chi connectivity index (χ4n) is 2.06. The number of carbonyl (C=O) groups excluding carboxylic acids is 1. The van der Waals surface area contributed by atoms with Gasteiger partial charge in [0, 0.05) is 19.5 Å². The van der Waals surface area contributed by atoms with Crippen molar-refractivity contribution in [3.63, 3.8) is 0 Å². The predicted molar refractivity (Wildman–Crippen MR) is 61.7 cm³/mol. The summed E-state index contributed by atoms with van der Waals surface area (Å²) >= 11 is 0. The van der Waals surface area contributed by atoms with E-state index in [-0.39, 0.29) is 5.91 Å². The van der Waals surface area contributed by atoms with E-state index in [4.69, 9.17) is 0 Å². The lowest BCUT2D eigenvalue weighted by atomic mass is 9.94. The molecule has 0 spiro atoms. The Kier molecular flexibility index (Phi) is 2.97. The van der Waals surface area contributed by atoms with Crippen LogP contribution in [-0.4, -0.2) is 28.1 Å². The zero-order valence-electron chi connectivity index (χ0n) is 9.52. The normalized spacial score (nSPS) is 25.9. The summed E-state index contributed by atoms with van der Waals surface area (Å²) in [7, 11) is 0. The molecule has 1 aromatic rings. The largest absolute Gasteiger partial charge is 0.388 e. The van der Waals surface area contributed by atoms with Gasteiger partial charge in [-0.15, -0.1) is 0 Å². The summed E-state index contributed by atoms with van der Waals surface area (Å²) in [5.41, 5.74) is 0.372. The maximum absolute atomic E-state index is 11.7. The number of amides is 1. The van der Waals surface area contributed by atoms with Gasteiger partial charge in [0.25, 0.3) is 0 Å². The van der Waals surface area contributed by atoms with Gasteiger partial charge < -0.3 is 10.0 Å². The molecule has 2 rings (SSSR count). The minimum atomic E-state index is -0.733. The molecule has 3 heteroatoms. The van der Waals surface area contributed by atoms with Crippen LogP contribution < -0.4 is 0 Å². The van der Waals surface area contributed by atoms with Gasteiger partial charge in [-0.05, 0) is 18.9 Å². The average Bonchev–Trinajstić information content (AvgIpc) is 2.25. The molecule has 1 saturated heterocycles. The Morgan fingerprint density at radius 3 is 2.75 bits per heavy atom. The molecule has 3 nitrogen and oxygen atoms in total. The van der Waals surface area contributed by atoms with Crippen LogP contribution in [0.2, 0.25) is 0 Å². The number of likely N-dealkylation sites (tertiary alicyclic amines) is 1. The van der Waals surface area contributed by atoms with Gasteiger partial charge in [0.1, 0.15) is 0 Å². The first-order chi connectivity index (χ1) is 7.57. The van der Waals surface area contributed by atoms with Crippen molar-refractivity contribution in [1.29, 1.82) is 0 Å². The number of hydrogen-bond acceptors (Lipinski definition) is 2. The Bertz CT molecular complexity index is 373. The number of carbonyl (C=O) groups is 1. The number of nitrogens with zero attached hydrogens (tertiary/aromatic N) is 1. The van der Waals surface area contributed by atoms with Crippen molar-refractivity contribution in [2.24, 2.45) is 0 Å². The highest BCUT2D eigenvalue weighted by atomic mass is 16.3. The monoisotopic (exact) mass is 219 g/mol. The molecule has 1 N–H and O–H groups in total. The van der Waals surface area contributed by atoms with E-state index < -0.39 is 5.60 Å². The minimum absolute atomic E-state index is 0.135. The van der Waals surface area contributed by atoms with E-state index in [0.717, 1.165) is 5.56 Å². The van der Waals surface area contributed by atoms with Crippen molar-refractivity contribution in [2.45, 2.75) is 31.9 Å². The lowest BCUT2D eigenvalue weighted by Crippen LogP contribution is -2.48. The van der Waals surface area contributed by atoms with Gasteiger partial charge in [0.15, 0.2) is 0 Å². The van der Waals surface area contributed by atoms with Crippen molar-refractivity contribution in [3.05, 3.63) is 35.9 Å². The molecule has 0 aromatic heterocycles. The minimum Gasteiger partial charge on any atom is -0.388 e. The first kappa shape index (κ1) is 11.1. The molecule has 1 heterocycles. The highest BCUT2D eigenvalue weighted by molar-refractivity contribution is 5.77. The number of hydrogen-bond donors (Lipinski definition) is 1. The van der Waals surface area contributed by atoms with E-state index in [9.17, 15) is 9.90 Å². The van der Waals surface area contributed by atoms with E-state index in [2.05, 4.69) is 0 Å². The first-order valence-electron chi connectivity index (χ1n) is 5.61. The van der Waals surface area contributed by atoms with Crippen LogP contribution in [0, 0.1) is 0 Å². The van der Waals surface area contributed by atoms with Gasteiger partial charge in [0.05, 0.1) is 5.60 Å². The highest BCUT2D eigenvalue weighted by Gasteiger charge is 2.32. The van der Waals surface area contributed by atoms with E-state index in [1.807, 2.05) is 30.3 Å². The summed E-state index contributed by atoms with van der Waals surface area (Å²) in [6, 6.07) is 9.87. The molecule has 1 amide bonds. The van der Waals surface area contributed by atoms with Gasteiger partial charge in [-0.1, -0.05) is 30.3 Å². The van der Waals surface area contributed by atoms with Crippen molar-refractivity contribution in [1.82, 2.24) is 4.90 Å². The Morgan fingerprint density at radius 1 is 1.38 bits per heavy atom. The smallest absolute Gasteiger partial charge is 0.223 e. The molecule has 16 heavy (non-hydrogen) atoms. The second-order valence-corrected chi connectivity index (χ2v) is 4.73. The molecular weight excluding hydrogens is 202 g/mol. The molecular formula is C13H17NO2. The van der Waals surface area contributed by atoms with Crippen LogP contribution in [-0.2, 0) is 11.3 Å². The summed E-state index contributed by atoms with van der Waals surface area (Å²) < 4.78 is 0. The number of rotatable bonds is 2.